The number of hydrogen-bond donors (Lipinski definition) is 1. The maximum absolute atomic E-state index is 14.6. The average molecular weight is 374 g/mol. The van der Waals surface area contributed by atoms with Gasteiger partial charge in [0.2, 0.25) is 11.8 Å². The Hall–Kier alpha value is -2.81. The van der Waals surface area contributed by atoms with Gasteiger partial charge in [-0.05, 0) is 32.6 Å². The number of rotatable bonds is 3. The normalized spacial score (nSPS) is 23.0. The number of nitrogens with one attached hydrogen (secondary N) is 1. The Morgan fingerprint density at radius 1 is 1.07 bits per heavy atom. The van der Waals surface area contributed by atoms with Gasteiger partial charge in [-0.2, -0.15) is 0 Å². The average Bonchev–Trinajstić information content (AvgIpc) is 2.78. The van der Waals surface area contributed by atoms with Gasteiger partial charge in [0.1, 0.15) is 11.9 Å². The smallest absolute Gasteiger partial charge is 0.262 e. The van der Waals surface area contributed by atoms with Crippen LogP contribution in [0, 0.1) is 5.82 Å². The van der Waals surface area contributed by atoms with Gasteiger partial charge >= 0.3 is 0 Å². The Balaban J connectivity index is 1.62. The molecule has 4 rings (SSSR count). The topological polar surface area (TPSA) is 90.0 Å². The third-order valence-corrected chi connectivity index (χ3v) is 5.44. The van der Waals surface area contributed by atoms with E-state index in [1.807, 2.05) is 23.9 Å². The number of anilines is 1. The number of nitrogens with zero attached hydrogens (tertiary/aromatic N) is 3. The van der Waals surface area contributed by atoms with Crippen LogP contribution in [-0.2, 0) is 9.59 Å². The number of benzene rings is 1. The summed E-state index contributed by atoms with van der Waals surface area (Å²) >= 11 is 0. The molecule has 2 fully saturated rings. The Morgan fingerprint density at radius 3 is 2.30 bits per heavy atom. The molecule has 1 atom stereocenters. The van der Waals surface area contributed by atoms with Crippen molar-refractivity contribution in [2.75, 3.05) is 32.1 Å². The van der Waals surface area contributed by atoms with Crippen LogP contribution in [0.1, 0.15) is 33.6 Å². The maximum atomic E-state index is 14.6. The van der Waals surface area contributed by atoms with Crippen LogP contribution in [0.4, 0.5) is 10.1 Å². The monoisotopic (exact) mass is 374 g/mol. The fourth-order valence-electron chi connectivity index (χ4n) is 3.70. The fourth-order valence-corrected chi connectivity index (χ4v) is 3.70. The van der Waals surface area contributed by atoms with E-state index in [9.17, 15) is 23.6 Å². The van der Waals surface area contributed by atoms with Crippen LogP contribution >= 0.6 is 0 Å². The minimum atomic E-state index is -1.05. The van der Waals surface area contributed by atoms with E-state index >= 15 is 0 Å². The molecule has 27 heavy (non-hydrogen) atoms. The summed E-state index contributed by atoms with van der Waals surface area (Å²) in [5.74, 6) is -3.02. The number of piperidine rings is 1. The molecular weight excluding hydrogens is 355 g/mol. The molecule has 3 aliphatic heterocycles. The van der Waals surface area contributed by atoms with Gasteiger partial charge in [-0.1, -0.05) is 0 Å². The molecule has 4 amide bonds. The lowest BCUT2D eigenvalue weighted by Crippen LogP contribution is -2.57. The summed E-state index contributed by atoms with van der Waals surface area (Å²) in [5, 5.41) is 2.14. The lowest BCUT2D eigenvalue weighted by Gasteiger charge is -2.44. The number of amides is 4. The van der Waals surface area contributed by atoms with Crippen molar-refractivity contribution >= 4 is 29.3 Å². The molecule has 1 aromatic carbocycles. The zero-order chi connectivity index (χ0) is 19.5. The van der Waals surface area contributed by atoms with Crippen molar-refractivity contribution in [1.29, 1.82) is 0 Å². The van der Waals surface area contributed by atoms with Crippen LogP contribution in [0.2, 0.25) is 0 Å². The maximum Gasteiger partial charge on any atom is 0.262 e. The molecule has 0 aromatic heterocycles. The summed E-state index contributed by atoms with van der Waals surface area (Å²) in [5.41, 5.74) is 0.322. The summed E-state index contributed by atoms with van der Waals surface area (Å²) in [6.07, 6.45) is 0.116. The van der Waals surface area contributed by atoms with Gasteiger partial charge in [0, 0.05) is 25.6 Å². The van der Waals surface area contributed by atoms with Gasteiger partial charge in [-0.15, -0.1) is 0 Å². The molecule has 0 bridgehead atoms. The van der Waals surface area contributed by atoms with E-state index in [2.05, 4.69) is 5.32 Å². The van der Waals surface area contributed by atoms with E-state index in [0.717, 1.165) is 11.0 Å². The second kappa shape index (κ2) is 6.12. The molecule has 2 saturated heterocycles. The zero-order valence-electron chi connectivity index (χ0n) is 15.0. The highest BCUT2D eigenvalue weighted by atomic mass is 19.1. The molecule has 0 spiro atoms. The second-order valence-corrected chi connectivity index (χ2v) is 7.32. The van der Waals surface area contributed by atoms with E-state index in [0.29, 0.717) is 19.1 Å². The third-order valence-electron chi connectivity index (χ3n) is 5.44. The predicted octanol–water partition coefficient (Wildman–Crippen LogP) is -0.0229. The molecule has 3 heterocycles. The molecule has 142 valence electrons. The van der Waals surface area contributed by atoms with Crippen molar-refractivity contribution in [2.45, 2.75) is 24.9 Å². The fraction of sp³-hybridized carbons (Fsp3) is 0.444. The van der Waals surface area contributed by atoms with E-state index in [1.165, 1.54) is 6.07 Å². The predicted molar refractivity (Wildman–Crippen MR) is 92.8 cm³/mol. The number of imide groups is 2. The molecule has 8 nitrogen and oxygen atoms in total. The Bertz CT molecular complexity index is 878. The van der Waals surface area contributed by atoms with E-state index < -0.39 is 35.5 Å². The number of likely N-dealkylation sites (N-methyl/N-ethyl adjacent to an activating group) is 1. The van der Waals surface area contributed by atoms with Crippen LogP contribution in [-0.4, -0.2) is 72.7 Å². The first-order valence-electron chi connectivity index (χ1n) is 8.74. The number of hydrogen-bond acceptors (Lipinski definition) is 6. The molecular formula is C18H19FN4O4. The standard InChI is InChI=1S/C18H19FN4O4/c1-21(2)9-7-22(8-9)14-6-11-10(5-12(14)19)17(26)23(18(11)27)13-3-4-15(24)20-16(13)25/h5-6,9,13H,3-4,7-8H2,1-2H3,(H,20,24,25). The van der Waals surface area contributed by atoms with E-state index in [-0.39, 0.29) is 29.7 Å². The number of carbonyl (C=O) groups is 4. The van der Waals surface area contributed by atoms with Crippen molar-refractivity contribution < 1.29 is 23.6 Å². The van der Waals surface area contributed by atoms with Crippen molar-refractivity contribution in [2.24, 2.45) is 0 Å². The summed E-state index contributed by atoms with van der Waals surface area (Å²) in [7, 11) is 3.89. The van der Waals surface area contributed by atoms with Crippen molar-refractivity contribution in [3.05, 3.63) is 29.1 Å². The first-order valence-corrected chi connectivity index (χ1v) is 8.74. The molecule has 3 aliphatic rings. The lowest BCUT2D eigenvalue weighted by atomic mass is 10.0. The van der Waals surface area contributed by atoms with Crippen LogP contribution in [0.15, 0.2) is 12.1 Å². The molecule has 1 unspecified atom stereocenters. The summed E-state index contributed by atoms with van der Waals surface area (Å²) < 4.78 is 14.6. The summed E-state index contributed by atoms with van der Waals surface area (Å²) in [4.78, 5) is 53.5. The molecule has 9 heteroatoms. The highest BCUT2D eigenvalue weighted by Crippen LogP contribution is 2.34. The van der Waals surface area contributed by atoms with Crippen LogP contribution in [0.5, 0.6) is 0 Å². The molecule has 1 aromatic rings. The van der Waals surface area contributed by atoms with Gasteiger partial charge in [0.15, 0.2) is 0 Å². The van der Waals surface area contributed by atoms with Crippen molar-refractivity contribution in [1.82, 2.24) is 15.1 Å². The number of halogens is 1. The molecule has 0 radical (unpaired) electrons. The van der Waals surface area contributed by atoms with Gasteiger partial charge < -0.3 is 9.80 Å². The SMILES string of the molecule is CN(C)C1CN(c2cc3c(cc2F)C(=O)N(C2CCC(=O)NC2=O)C3=O)C1. The highest BCUT2D eigenvalue weighted by molar-refractivity contribution is 6.23. The summed E-state index contributed by atoms with van der Waals surface area (Å²) in [6.45, 7) is 1.25. The van der Waals surface area contributed by atoms with Gasteiger partial charge in [0.05, 0.1) is 16.8 Å². The third kappa shape index (κ3) is 2.69. The van der Waals surface area contributed by atoms with Gasteiger partial charge in [-0.25, -0.2) is 4.39 Å². The van der Waals surface area contributed by atoms with Crippen molar-refractivity contribution in [3.63, 3.8) is 0 Å². The van der Waals surface area contributed by atoms with Crippen LogP contribution in [0.25, 0.3) is 0 Å². The van der Waals surface area contributed by atoms with Crippen LogP contribution < -0.4 is 10.2 Å². The molecule has 1 N–H and O–H groups in total. The first-order chi connectivity index (χ1) is 12.8. The Kier molecular flexibility index (Phi) is 3.99. The Labute approximate surface area is 154 Å². The number of carbonyl (C=O) groups excluding carboxylic acids is 4. The van der Waals surface area contributed by atoms with Gasteiger partial charge in [0.25, 0.3) is 11.8 Å². The van der Waals surface area contributed by atoms with E-state index in [4.69, 9.17) is 0 Å². The summed E-state index contributed by atoms with van der Waals surface area (Å²) in [6, 6.07) is 1.71. The zero-order valence-corrected chi connectivity index (χ0v) is 15.0. The lowest BCUT2D eigenvalue weighted by molar-refractivity contribution is -0.136. The van der Waals surface area contributed by atoms with Gasteiger partial charge in [-0.3, -0.25) is 29.4 Å². The molecule has 0 saturated carbocycles. The quantitative estimate of drug-likeness (QED) is 0.748. The number of fused-ring (bicyclic) bond motifs is 1. The largest absolute Gasteiger partial charge is 0.366 e. The molecule has 0 aliphatic carbocycles. The highest BCUT2D eigenvalue weighted by Gasteiger charge is 2.45. The Morgan fingerprint density at radius 2 is 1.70 bits per heavy atom. The van der Waals surface area contributed by atoms with Crippen molar-refractivity contribution in [3.8, 4) is 0 Å². The van der Waals surface area contributed by atoms with Crippen LogP contribution in [0.3, 0.4) is 0 Å². The minimum Gasteiger partial charge on any atom is -0.366 e. The first kappa shape index (κ1) is 17.6. The van der Waals surface area contributed by atoms with E-state index in [1.54, 1.807) is 0 Å². The second-order valence-electron chi connectivity index (χ2n) is 7.32. The minimum absolute atomic E-state index is 0.0448.